The summed E-state index contributed by atoms with van der Waals surface area (Å²) in [6.45, 7) is 10.5. The third-order valence-corrected chi connectivity index (χ3v) is 9.81. The molecular weight excluding hydrogens is 443 g/mol. The van der Waals surface area contributed by atoms with Crippen molar-refractivity contribution in [3.63, 3.8) is 0 Å². The lowest BCUT2D eigenvalue weighted by Crippen LogP contribution is -2.37. The number of hydrogen-bond donors (Lipinski definition) is 0. The summed E-state index contributed by atoms with van der Waals surface area (Å²) in [6.07, 6.45) is 0.249. The minimum absolute atomic E-state index is 0.00222. The van der Waals surface area contributed by atoms with Gasteiger partial charge in [-0.25, -0.2) is 9.10 Å². The van der Waals surface area contributed by atoms with E-state index in [0.29, 0.717) is 24.7 Å². The second kappa shape index (κ2) is 8.60. The fraction of sp³-hybridized carbons (Fsp3) is 0.650. The van der Waals surface area contributed by atoms with Crippen LogP contribution in [0.3, 0.4) is 0 Å². The maximum Gasteiger partial charge on any atom is 0.426 e. The summed E-state index contributed by atoms with van der Waals surface area (Å²) in [6, 6.07) is 5.61. The standard InChI is InChI=1S/C20H31N2O5PS2/c1-14(2)22(28(29)24-12-19(3,4)13-25-28)30-21(7)18(23)26-16-10-8-9-15-11-20(5,6)27-17(15)16/h8-10,14H,11-13H2,1-7H3. The first-order chi connectivity index (χ1) is 13.8. The zero-order chi connectivity index (χ0) is 22.3. The van der Waals surface area contributed by atoms with Crippen molar-refractivity contribution in [2.75, 3.05) is 20.3 Å². The van der Waals surface area contributed by atoms with E-state index in [9.17, 15) is 4.79 Å². The second-order valence-electron chi connectivity index (χ2n) is 9.31. The molecule has 0 radical (unpaired) electrons. The van der Waals surface area contributed by atoms with Crippen molar-refractivity contribution < 1.29 is 23.3 Å². The Kier molecular flexibility index (Phi) is 6.83. The second-order valence-corrected chi connectivity index (χ2v) is 13.9. The van der Waals surface area contributed by atoms with Gasteiger partial charge in [-0.2, -0.15) is 4.08 Å². The summed E-state index contributed by atoms with van der Waals surface area (Å²) in [5, 5.41) is 0. The van der Waals surface area contributed by atoms with Crippen molar-refractivity contribution in [1.29, 1.82) is 0 Å². The van der Waals surface area contributed by atoms with Crippen LogP contribution in [0, 0.1) is 5.41 Å². The molecule has 168 valence electrons. The van der Waals surface area contributed by atoms with Crippen LogP contribution in [0.15, 0.2) is 18.2 Å². The summed E-state index contributed by atoms with van der Waals surface area (Å²) >= 11 is 6.92. The van der Waals surface area contributed by atoms with E-state index >= 15 is 0 Å². The van der Waals surface area contributed by atoms with Gasteiger partial charge in [0.2, 0.25) is 0 Å². The third-order valence-electron chi connectivity index (χ3n) is 4.64. The van der Waals surface area contributed by atoms with Gasteiger partial charge in [-0.15, -0.1) is 0 Å². The van der Waals surface area contributed by atoms with E-state index in [1.54, 1.807) is 13.1 Å². The average Bonchev–Trinajstić information content (AvgIpc) is 2.97. The number of amides is 1. The number of carbonyl (C=O) groups is 1. The lowest BCUT2D eigenvalue weighted by atomic mass is 9.97. The molecule has 1 aromatic carbocycles. The lowest BCUT2D eigenvalue weighted by molar-refractivity contribution is 0.0487. The number of carbonyl (C=O) groups excluding carboxylic acids is 1. The number of hydrogen-bond acceptors (Lipinski definition) is 7. The Bertz CT molecular complexity index is 848. The Morgan fingerprint density at radius 2 is 1.87 bits per heavy atom. The van der Waals surface area contributed by atoms with Crippen molar-refractivity contribution in [3.05, 3.63) is 23.8 Å². The average molecular weight is 475 g/mol. The van der Waals surface area contributed by atoms with Gasteiger partial charge in [0.1, 0.15) is 5.60 Å². The number of rotatable bonds is 5. The summed E-state index contributed by atoms with van der Waals surface area (Å²) in [5.41, 5.74) is 0.635. The molecule has 2 aliphatic rings. The van der Waals surface area contributed by atoms with Gasteiger partial charge in [0.15, 0.2) is 11.5 Å². The number of nitrogens with zero attached hydrogens (tertiary/aromatic N) is 2. The predicted molar refractivity (Wildman–Crippen MR) is 123 cm³/mol. The molecule has 0 aromatic heterocycles. The molecule has 30 heavy (non-hydrogen) atoms. The fourth-order valence-electron chi connectivity index (χ4n) is 3.11. The van der Waals surface area contributed by atoms with E-state index < -0.39 is 12.7 Å². The molecule has 7 nitrogen and oxygen atoms in total. The van der Waals surface area contributed by atoms with Crippen molar-refractivity contribution in [3.8, 4) is 11.5 Å². The zero-order valence-electron chi connectivity index (χ0n) is 18.6. The van der Waals surface area contributed by atoms with Gasteiger partial charge < -0.3 is 18.5 Å². The minimum atomic E-state index is -2.71. The van der Waals surface area contributed by atoms with Gasteiger partial charge in [0.25, 0.3) is 6.64 Å². The van der Waals surface area contributed by atoms with E-state index in [2.05, 4.69) is 13.8 Å². The van der Waals surface area contributed by atoms with Crippen molar-refractivity contribution in [2.24, 2.45) is 5.41 Å². The number of fused-ring (bicyclic) bond motifs is 1. The first-order valence-electron chi connectivity index (χ1n) is 9.95. The smallest absolute Gasteiger partial charge is 0.426 e. The van der Waals surface area contributed by atoms with Crippen LogP contribution in [0.25, 0.3) is 0 Å². The summed E-state index contributed by atoms with van der Waals surface area (Å²) in [7, 11) is 1.64. The van der Waals surface area contributed by atoms with Gasteiger partial charge in [-0.1, -0.05) is 26.0 Å². The van der Waals surface area contributed by atoms with Crippen LogP contribution >= 0.6 is 18.8 Å². The quantitative estimate of drug-likeness (QED) is 0.415. The molecule has 1 fully saturated rings. The molecule has 0 saturated carbocycles. The highest BCUT2D eigenvalue weighted by atomic mass is 32.5. The molecule has 0 unspecified atom stereocenters. The molecule has 0 aliphatic carbocycles. The van der Waals surface area contributed by atoms with E-state index in [0.717, 1.165) is 12.0 Å². The Labute approximate surface area is 188 Å². The van der Waals surface area contributed by atoms with Crippen molar-refractivity contribution >= 4 is 36.7 Å². The lowest BCUT2D eigenvalue weighted by Gasteiger charge is -2.42. The molecule has 1 amide bonds. The van der Waals surface area contributed by atoms with E-state index in [1.165, 1.54) is 16.4 Å². The molecule has 0 bridgehead atoms. The predicted octanol–water partition coefficient (Wildman–Crippen LogP) is 5.40. The van der Waals surface area contributed by atoms with Crippen LogP contribution in [0.1, 0.15) is 47.1 Å². The highest BCUT2D eigenvalue weighted by molar-refractivity contribution is 8.15. The Hall–Kier alpha value is -0.830. The fourth-order valence-corrected chi connectivity index (χ4v) is 7.67. The third kappa shape index (κ3) is 5.31. The highest BCUT2D eigenvalue weighted by Crippen LogP contribution is 2.61. The molecule has 3 rings (SSSR count). The number of ether oxygens (including phenoxy) is 2. The van der Waals surface area contributed by atoms with E-state index in [4.69, 9.17) is 30.3 Å². The summed E-state index contributed by atoms with van der Waals surface area (Å²) in [4.78, 5) is 12.8. The molecule has 0 N–H and O–H groups in total. The normalized spacial score (nSPS) is 21.2. The number of benzene rings is 1. The van der Waals surface area contributed by atoms with Crippen LogP contribution in [0.5, 0.6) is 11.5 Å². The first-order valence-corrected chi connectivity index (χ1v) is 13.3. The van der Waals surface area contributed by atoms with Crippen LogP contribution in [0.4, 0.5) is 4.79 Å². The molecule has 0 spiro atoms. The maximum atomic E-state index is 12.8. The molecule has 1 saturated heterocycles. The number of para-hydroxylation sites is 1. The molecule has 2 heterocycles. The van der Waals surface area contributed by atoms with Crippen LogP contribution < -0.4 is 9.47 Å². The topological polar surface area (TPSA) is 60.5 Å². The van der Waals surface area contributed by atoms with Gasteiger partial charge >= 0.3 is 6.09 Å². The first kappa shape index (κ1) is 23.8. The van der Waals surface area contributed by atoms with Crippen molar-refractivity contribution in [1.82, 2.24) is 8.38 Å². The molecule has 0 atom stereocenters. The monoisotopic (exact) mass is 474 g/mol. The Morgan fingerprint density at radius 1 is 1.23 bits per heavy atom. The molecule has 1 aromatic rings. The highest BCUT2D eigenvalue weighted by Gasteiger charge is 2.41. The largest absolute Gasteiger partial charge is 0.483 e. The Morgan fingerprint density at radius 3 is 2.47 bits per heavy atom. The SMILES string of the molecule is CC(C)N(SN(C)C(=O)Oc1cccc2c1OC(C)(C)C2)P1(=S)OCC(C)(C)CO1. The Balaban J connectivity index is 1.69. The molecular formula is C20H31N2O5PS2. The van der Waals surface area contributed by atoms with E-state index in [-0.39, 0.29) is 17.1 Å². The molecule has 2 aliphatic heterocycles. The van der Waals surface area contributed by atoms with Gasteiger partial charge in [-0.3, -0.25) is 0 Å². The van der Waals surface area contributed by atoms with Crippen LogP contribution in [-0.4, -0.2) is 46.4 Å². The molecule has 10 heteroatoms. The minimum Gasteiger partial charge on any atom is -0.483 e. The van der Waals surface area contributed by atoms with Crippen molar-refractivity contribution in [2.45, 2.75) is 59.6 Å². The van der Waals surface area contributed by atoms with Gasteiger partial charge in [0, 0.05) is 30.5 Å². The van der Waals surface area contributed by atoms with Crippen LogP contribution in [-0.2, 0) is 27.3 Å². The van der Waals surface area contributed by atoms with E-state index in [1.807, 2.05) is 43.9 Å². The van der Waals surface area contributed by atoms with Crippen LogP contribution in [0.2, 0.25) is 0 Å². The summed E-state index contributed by atoms with van der Waals surface area (Å²) in [5.74, 6) is 1.05. The zero-order valence-corrected chi connectivity index (χ0v) is 21.2. The maximum absolute atomic E-state index is 12.8. The van der Waals surface area contributed by atoms with Gasteiger partial charge in [-0.05, 0) is 45.6 Å². The summed E-state index contributed by atoms with van der Waals surface area (Å²) < 4.78 is 26.9. The van der Waals surface area contributed by atoms with Gasteiger partial charge in [0.05, 0.1) is 25.3 Å².